The Labute approximate surface area is 119 Å². The number of hydrogen-bond acceptors (Lipinski definition) is 3. The van der Waals surface area contributed by atoms with Crippen LogP contribution >= 0.6 is 15.9 Å². The number of hydrogen-bond donors (Lipinski definition) is 0. The van der Waals surface area contributed by atoms with Gasteiger partial charge in [0.1, 0.15) is 10.6 Å². The van der Waals surface area contributed by atoms with E-state index < -0.39 is 6.30 Å². The highest BCUT2D eigenvalue weighted by atomic mass is 79.9. The van der Waals surface area contributed by atoms with E-state index in [9.17, 15) is 9.18 Å². The van der Waals surface area contributed by atoms with E-state index in [4.69, 9.17) is 0 Å². The lowest BCUT2D eigenvalue weighted by Gasteiger charge is -2.41. The molecule has 1 aliphatic heterocycles. The number of alkyl halides is 1. The standard InChI is InChI=1S/C13H15BrFN3O/c1-7-13(19)18(8(2)15)10-5-6-11(14)16-12(10)17(7)9-3-4-9/h5-9H,3-4H2,1-2H3. The van der Waals surface area contributed by atoms with Crippen molar-refractivity contribution in [1.29, 1.82) is 0 Å². The first-order valence-electron chi connectivity index (χ1n) is 6.42. The molecule has 4 nitrogen and oxygen atoms in total. The van der Waals surface area contributed by atoms with Gasteiger partial charge < -0.3 is 4.90 Å². The van der Waals surface area contributed by atoms with Crippen molar-refractivity contribution in [1.82, 2.24) is 4.98 Å². The molecule has 1 aromatic heterocycles. The van der Waals surface area contributed by atoms with Crippen molar-refractivity contribution in [2.45, 2.75) is 45.1 Å². The first-order chi connectivity index (χ1) is 9.00. The van der Waals surface area contributed by atoms with Gasteiger partial charge in [-0.05, 0) is 54.8 Å². The van der Waals surface area contributed by atoms with E-state index in [0.717, 1.165) is 12.8 Å². The average Bonchev–Trinajstić information content (AvgIpc) is 3.15. The van der Waals surface area contributed by atoms with Crippen LogP contribution in [0, 0.1) is 0 Å². The highest BCUT2D eigenvalue weighted by Crippen LogP contribution is 2.42. The largest absolute Gasteiger partial charge is 0.340 e. The fourth-order valence-corrected chi connectivity index (χ4v) is 2.93. The SMILES string of the molecule is CC(F)N1C(=O)C(C)N(C2CC2)c2nc(Br)ccc21. The second kappa shape index (κ2) is 4.44. The van der Waals surface area contributed by atoms with Crippen LogP contribution in [0.3, 0.4) is 0 Å². The minimum absolute atomic E-state index is 0.196. The Kier molecular flexibility index (Phi) is 3.00. The molecular weight excluding hydrogens is 313 g/mol. The van der Waals surface area contributed by atoms with Crippen LogP contribution in [0.4, 0.5) is 15.9 Å². The van der Waals surface area contributed by atoms with Gasteiger partial charge >= 0.3 is 0 Å². The molecular formula is C13H15BrFN3O. The van der Waals surface area contributed by atoms with Crippen LogP contribution in [0.25, 0.3) is 0 Å². The van der Waals surface area contributed by atoms with Gasteiger partial charge in [-0.25, -0.2) is 9.37 Å². The lowest BCUT2D eigenvalue weighted by molar-refractivity contribution is -0.121. The number of carbonyl (C=O) groups is 1. The fraction of sp³-hybridized carbons (Fsp3) is 0.538. The van der Waals surface area contributed by atoms with E-state index in [-0.39, 0.29) is 11.9 Å². The molecule has 1 aliphatic carbocycles. The minimum atomic E-state index is -1.35. The normalized spacial score (nSPS) is 24.4. The number of fused-ring (bicyclic) bond motifs is 1. The summed E-state index contributed by atoms with van der Waals surface area (Å²) in [5, 5.41) is 0. The number of halogens is 2. The summed E-state index contributed by atoms with van der Waals surface area (Å²) < 4.78 is 14.5. The van der Waals surface area contributed by atoms with Crippen molar-refractivity contribution < 1.29 is 9.18 Å². The maximum atomic E-state index is 13.8. The predicted octanol–water partition coefficient (Wildman–Crippen LogP) is 2.86. The maximum Gasteiger partial charge on any atom is 0.251 e. The second-order valence-electron chi connectivity index (χ2n) is 5.07. The van der Waals surface area contributed by atoms with E-state index in [1.807, 2.05) is 11.8 Å². The zero-order chi connectivity index (χ0) is 13.7. The van der Waals surface area contributed by atoms with Crippen LogP contribution in [0.15, 0.2) is 16.7 Å². The third-order valence-electron chi connectivity index (χ3n) is 3.63. The van der Waals surface area contributed by atoms with Gasteiger partial charge in [0.25, 0.3) is 5.91 Å². The van der Waals surface area contributed by atoms with E-state index >= 15 is 0 Å². The van der Waals surface area contributed by atoms with Gasteiger partial charge in [-0.3, -0.25) is 9.69 Å². The van der Waals surface area contributed by atoms with Crippen LogP contribution in [0.2, 0.25) is 0 Å². The lowest BCUT2D eigenvalue weighted by Crippen LogP contribution is -2.55. The van der Waals surface area contributed by atoms with Crippen LogP contribution in [-0.2, 0) is 4.79 Å². The summed E-state index contributed by atoms with van der Waals surface area (Å²) in [5.74, 6) is 0.506. The highest BCUT2D eigenvalue weighted by Gasteiger charge is 2.44. The van der Waals surface area contributed by atoms with Crippen LogP contribution in [-0.4, -0.2) is 29.3 Å². The molecule has 1 saturated carbocycles. The van der Waals surface area contributed by atoms with Crippen LogP contribution in [0.5, 0.6) is 0 Å². The Bertz CT molecular complexity index is 533. The molecule has 2 heterocycles. The van der Waals surface area contributed by atoms with Gasteiger partial charge in [0, 0.05) is 6.04 Å². The molecule has 6 heteroatoms. The van der Waals surface area contributed by atoms with Crippen LogP contribution in [0.1, 0.15) is 26.7 Å². The molecule has 19 heavy (non-hydrogen) atoms. The van der Waals surface area contributed by atoms with Gasteiger partial charge in [0.05, 0.1) is 5.69 Å². The number of amides is 1. The monoisotopic (exact) mass is 327 g/mol. The smallest absolute Gasteiger partial charge is 0.251 e. The van der Waals surface area contributed by atoms with Crippen molar-refractivity contribution in [3.8, 4) is 0 Å². The summed E-state index contributed by atoms with van der Waals surface area (Å²) in [7, 11) is 0. The van der Waals surface area contributed by atoms with Gasteiger partial charge in [-0.2, -0.15) is 0 Å². The van der Waals surface area contributed by atoms with Crippen molar-refractivity contribution in [3.05, 3.63) is 16.7 Å². The number of carbonyl (C=O) groups excluding carboxylic acids is 1. The highest BCUT2D eigenvalue weighted by molar-refractivity contribution is 9.10. The Morgan fingerprint density at radius 3 is 2.74 bits per heavy atom. The van der Waals surface area contributed by atoms with Crippen molar-refractivity contribution >= 4 is 33.3 Å². The summed E-state index contributed by atoms with van der Waals surface area (Å²) in [6, 6.07) is 3.49. The molecule has 2 atom stereocenters. The predicted molar refractivity (Wildman–Crippen MR) is 75.0 cm³/mol. The van der Waals surface area contributed by atoms with Crippen LogP contribution < -0.4 is 9.80 Å². The lowest BCUT2D eigenvalue weighted by atomic mass is 10.1. The molecule has 2 unspecified atom stereocenters. The summed E-state index contributed by atoms with van der Waals surface area (Å²) in [4.78, 5) is 20.1. The van der Waals surface area contributed by atoms with Gasteiger partial charge in [-0.1, -0.05) is 0 Å². The maximum absolute atomic E-state index is 13.8. The second-order valence-corrected chi connectivity index (χ2v) is 5.89. The third kappa shape index (κ3) is 2.02. The Morgan fingerprint density at radius 2 is 2.16 bits per heavy atom. The molecule has 2 aliphatic rings. The molecule has 0 radical (unpaired) electrons. The summed E-state index contributed by atoms with van der Waals surface area (Å²) in [6.45, 7) is 3.20. The molecule has 0 aromatic carbocycles. The van der Waals surface area contributed by atoms with Gasteiger partial charge in [0.2, 0.25) is 0 Å². The topological polar surface area (TPSA) is 36.4 Å². The number of nitrogens with zero attached hydrogens (tertiary/aromatic N) is 3. The molecule has 0 saturated heterocycles. The van der Waals surface area contributed by atoms with E-state index in [2.05, 4.69) is 20.9 Å². The first kappa shape index (κ1) is 12.8. The Morgan fingerprint density at radius 1 is 1.47 bits per heavy atom. The van der Waals surface area contributed by atoms with Gasteiger partial charge in [-0.15, -0.1) is 0 Å². The van der Waals surface area contributed by atoms with Gasteiger partial charge in [0.15, 0.2) is 12.1 Å². The van der Waals surface area contributed by atoms with Crippen molar-refractivity contribution in [2.24, 2.45) is 0 Å². The number of rotatable bonds is 2. The molecule has 1 amide bonds. The van der Waals surface area contributed by atoms with Crippen molar-refractivity contribution in [2.75, 3.05) is 9.80 Å². The summed E-state index contributed by atoms with van der Waals surface area (Å²) >= 11 is 3.34. The number of aromatic nitrogens is 1. The molecule has 0 spiro atoms. The van der Waals surface area contributed by atoms with E-state index in [1.54, 1.807) is 12.1 Å². The minimum Gasteiger partial charge on any atom is -0.340 e. The molecule has 0 bridgehead atoms. The Hall–Kier alpha value is -1.17. The number of anilines is 2. The summed E-state index contributed by atoms with van der Waals surface area (Å²) in [5.41, 5.74) is 0.563. The fourth-order valence-electron chi connectivity index (χ4n) is 2.63. The zero-order valence-corrected chi connectivity index (χ0v) is 12.4. The molecule has 102 valence electrons. The average molecular weight is 328 g/mol. The van der Waals surface area contributed by atoms with Crippen molar-refractivity contribution in [3.63, 3.8) is 0 Å². The number of pyridine rings is 1. The van der Waals surface area contributed by atoms with E-state index in [0.29, 0.717) is 22.2 Å². The molecule has 0 N–H and O–H groups in total. The Balaban J connectivity index is 2.15. The molecule has 3 rings (SSSR count). The van der Waals surface area contributed by atoms with E-state index in [1.165, 1.54) is 11.8 Å². The zero-order valence-electron chi connectivity index (χ0n) is 10.8. The first-order valence-corrected chi connectivity index (χ1v) is 7.22. The third-order valence-corrected chi connectivity index (χ3v) is 4.07. The molecule has 1 aromatic rings. The molecule has 1 fully saturated rings. The summed E-state index contributed by atoms with van der Waals surface area (Å²) in [6.07, 6.45) is 0.783. The quantitative estimate of drug-likeness (QED) is 0.619.